The highest BCUT2D eigenvalue weighted by atomic mass is 32.2. The van der Waals surface area contributed by atoms with E-state index in [9.17, 15) is 0 Å². The summed E-state index contributed by atoms with van der Waals surface area (Å²) in [4.78, 5) is 6.22. The maximum absolute atomic E-state index is 5.96. The summed E-state index contributed by atoms with van der Waals surface area (Å²) in [6, 6.07) is 6.29. The van der Waals surface area contributed by atoms with Gasteiger partial charge in [0.05, 0.1) is 0 Å². The van der Waals surface area contributed by atoms with Crippen molar-refractivity contribution in [1.82, 2.24) is 4.90 Å². The molecule has 0 atom stereocenters. The molecule has 0 bridgehead atoms. The number of thiocarbonyl (C=S) groups is 1. The molecule has 0 unspecified atom stereocenters. The molecule has 0 radical (unpaired) electrons. The standard InChI is InChI=1S/C15H25N3S2/c1-5-9-18(11-10-17(2)3)12-7-6-8-13(20-4)14(12)15(16)19/h6-8H,5,9-11H2,1-4H3,(H2,16,19). The molecular formula is C15H25N3S2. The summed E-state index contributed by atoms with van der Waals surface area (Å²) in [7, 11) is 4.19. The Morgan fingerprint density at radius 3 is 2.45 bits per heavy atom. The highest BCUT2D eigenvalue weighted by Gasteiger charge is 2.15. The fourth-order valence-electron chi connectivity index (χ4n) is 2.14. The number of benzene rings is 1. The van der Waals surface area contributed by atoms with E-state index in [1.165, 1.54) is 0 Å². The molecule has 0 saturated carbocycles. The van der Waals surface area contributed by atoms with Crippen LogP contribution in [0.1, 0.15) is 18.9 Å². The zero-order valence-corrected chi connectivity index (χ0v) is 14.5. The summed E-state index contributed by atoms with van der Waals surface area (Å²) >= 11 is 6.96. The lowest BCUT2D eigenvalue weighted by atomic mass is 10.1. The number of nitrogens with two attached hydrogens (primary N) is 1. The van der Waals surface area contributed by atoms with Gasteiger partial charge in [0.25, 0.3) is 0 Å². The smallest absolute Gasteiger partial charge is 0.107 e. The van der Waals surface area contributed by atoms with Gasteiger partial charge in [-0.1, -0.05) is 25.2 Å². The van der Waals surface area contributed by atoms with E-state index < -0.39 is 0 Å². The molecule has 1 aromatic carbocycles. The average molecular weight is 312 g/mol. The number of likely N-dealkylation sites (N-methyl/N-ethyl adjacent to an activating group) is 1. The van der Waals surface area contributed by atoms with E-state index in [1.54, 1.807) is 11.8 Å². The summed E-state index contributed by atoms with van der Waals surface area (Å²) in [6.07, 6.45) is 3.17. The molecule has 1 rings (SSSR count). The summed E-state index contributed by atoms with van der Waals surface area (Å²) in [5.74, 6) is 0. The first-order chi connectivity index (χ1) is 9.51. The van der Waals surface area contributed by atoms with E-state index in [0.29, 0.717) is 4.99 Å². The van der Waals surface area contributed by atoms with Crippen LogP contribution in [0.5, 0.6) is 0 Å². The summed E-state index contributed by atoms with van der Waals surface area (Å²) in [6.45, 7) is 5.21. The zero-order valence-electron chi connectivity index (χ0n) is 12.8. The van der Waals surface area contributed by atoms with Crippen molar-refractivity contribution in [3.8, 4) is 0 Å². The van der Waals surface area contributed by atoms with Gasteiger partial charge in [-0.3, -0.25) is 0 Å². The van der Waals surface area contributed by atoms with Gasteiger partial charge in [0.15, 0.2) is 0 Å². The van der Waals surface area contributed by atoms with Crippen LogP contribution < -0.4 is 10.6 Å². The molecule has 0 aliphatic rings. The van der Waals surface area contributed by atoms with Crippen LogP contribution in [0.4, 0.5) is 5.69 Å². The van der Waals surface area contributed by atoms with Crippen molar-refractivity contribution in [2.24, 2.45) is 5.73 Å². The highest BCUT2D eigenvalue weighted by Crippen LogP contribution is 2.29. The van der Waals surface area contributed by atoms with Gasteiger partial charge < -0.3 is 15.5 Å². The van der Waals surface area contributed by atoms with Gasteiger partial charge >= 0.3 is 0 Å². The van der Waals surface area contributed by atoms with E-state index in [4.69, 9.17) is 18.0 Å². The predicted octanol–water partition coefficient (Wildman–Crippen LogP) is 2.82. The fourth-order valence-corrected chi connectivity index (χ4v) is 3.06. The topological polar surface area (TPSA) is 32.5 Å². The van der Waals surface area contributed by atoms with Gasteiger partial charge in [0.1, 0.15) is 4.99 Å². The molecule has 0 aromatic heterocycles. The zero-order chi connectivity index (χ0) is 15.1. The normalized spacial score (nSPS) is 10.8. The van der Waals surface area contributed by atoms with Crippen LogP contribution in [0, 0.1) is 0 Å². The molecule has 0 aliphatic carbocycles. The third kappa shape index (κ3) is 4.65. The van der Waals surface area contributed by atoms with E-state index in [1.807, 2.05) is 0 Å². The Hall–Kier alpha value is -0.780. The molecular weight excluding hydrogens is 286 g/mol. The molecule has 0 fully saturated rings. The maximum Gasteiger partial charge on any atom is 0.107 e. The summed E-state index contributed by atoms with van der Waals surface area (Å²) < 4.78 is 0. The predicted molar refractivity (Wildman–Crippen MR) is 95.2 cm³/mol. The summed E-state index contributed by atoms with van der Waals surface area (Å²) in [5, 5.41) is 0. The van der Waals surface area contributed by atoms with E-state index in [0.717, 1.165) is 42.2 Å². The van der Waals surface area contributed by atoms with E-state index in [2.05, 4.69) is 55.3 Å². The molecule has 112 valence electrons. The van der Waals surface area contributed by atoms with Crippen molar-refractivity contribution < 1.29 is 0 Å². The van der Waals surface area contributed by atoms with Crippen LogP contribution in [-0.2, 0) is 0 Å². The minimum atomic E-state index is 0.482. The number of anilines is 1. The Bertz CT molecular complexity index is 447. The van der Waals surface area contributed by atoms with E-state index in [-0.39, 0.29) is 0 Å². The van der Waals surface area contributed by atoms with Gasteiger partial charge in [-0.15, -0.1) is 11.8 Å². The number of thioether (sulfide) groups is 1. The van der Waals surface area contributed by atoms with Gasteiger partial charge in [0, 0.05) is 35.8 Å². The van der Waals surface area contributed by atoms with Crippen LogP contribution in [0.15, 0.2) is 23.1 Å². The average Bonchev–Trinajstić information content (AvgIpc) is 2.42. The lowest BCUT2D eigenvalue weighted by molar-refractivity contribution is 0.413. The molecule has 0 aliphatic heterocycles. The van der Waals surface area contributed by atoms with Crippen molar-refractivity contribution >= 4 is 34.7 Å². The first kappa shape index (κ1) is 17.3. The van der Waals surface area contributed by atoms with Gasteiger partial charge in [-0.05, 0) is 38.9 Å². The summed E-state index contributed by atoms with van der Waals surface area (Å²) in [5.41, 5.74) is 8.14. The number of hydrogen-bond acceptors (Lipinski definition) is 4. The van der Waals surface area contributed by atoms with Crippen LogP contribution in [-0.4, -0.2) is 49.9 Å². The molecule has 1 aromatic rings. The Labute approximate surface area is 132 Å². The number of rotatable bonds is 8. The molecule has 3 nitrogen and oxygen atoms in total. The Morgan fingerprint density at radius 2 is 1.95 bits per heavy atom. The van der Waals surface area contributed by atoms with Crippen LogP contribution in [0.3, 0.4) is 0 Å². The van der Waals surface area contributed by atoms with Gasteiger partial charge in [-0.2, -0.15) is 0 Å². The Morgan fingerprint density at radius 1 is 1.25 bits per heavy atom. The van der Waals surface area contributed by atoms with Crippen molar-refractivity contribution in [3.63, 3.8) is 0 Å². The second kappa shape index (κ2) is 8.49. The Kier molecular flexibility index (Phi) is 7.34. The van der Waals surface area contributed by atoms with Crippen LogP contribution in [0.25, 0.3) is 0 Å². The first-order valence-electron chi connectivity index (χ1n) is 6.87. The van der Waals surface area contributed by atoms with Crippen LogP contribution >= 0.6 is 24.0 Å². The molecule has 0 saturated heterocycles. The Balaban J connectivity index is 3.14. The molecule has 0 spiro atoms. The number of nitrogens with zero attached hydrogens (tertiary/aromatic N) is 2. The van der Waals surface area contributed by atoms with Gasteiger partial charge in [0.2, 0.25) is 0 Å². The van der Waals surface area contributed by atoms with Crippen molar-refractivity contribution in [3.05, 3.63) is 23.8 Å². The quantitative estimate of drug-likeness (QED) is 0.589. The van der Waals surface area contributed by atoms with Gasteiger partial charge in [-0.25, -0.2) is 0 Å². The van der Waals surface area contributed by atoms with Crippen molar-refractivity contribution in [2.45, 2.75) is 18.2 Å². The molecule has 0 heterocycles. The second-order valence-corrected chi connectivity index (χ2v) is 6.30. The molecule has 20 heavy (non-hydrogen) atoms. The molecule has 2 N–H and O–H groups in total. The molecule has 0 amide bonds. The lowest BCUT2D eigenvalue weighted by Crippen LogP contribution is -2.34. The van der Waals surface area contributed by atoms with Crippen molar-refractivity contribution in [2.75, 3.05) is 44.9 Å². The first-order valence-corrected chi connectivity index (χ1v) is 8.51. The van der Waals surface area contributed by atoms with Crippen LogP contribution in [0.2, 0.25) is 0 Å². The minimum absolute atomic E-state index is 0.482. The largest absolute Gasteiger partial charge is 0.389 e. The third-order valence-electron chi connectivity index (χ3n) is 3.12. The maximum atomic E-state index is 5.96. The molecule has 5 heteroatoms. The highest BCUT2D eigenvalue weighted by molar-refractivity contribution is 7.98. The monoisotopic (exact) mass is 311 g/mol. The minimum Gasteiger partial charge on any atom is -0.389 e. The fraction of sp³-hybridized carbons (Fsp3) is 0.533. The lowest BCUT2D eigenvalue weighted by Gasteiger charge is -2.28. The van der Waals surface area contributed by atoms with E-state index >= 15 is 0 Å². The SMILES string of the molecule is CCCN(CCN(C)C)c1cccc(SC)c1C(N)=S. The van der Waals surface area contributed by atoms with Crippen molar-refractivity contribution in [1.29, 1.82) is 0 Å². The number of hydrogen-bond donors (Lipinski definition) is 1. The second-order valence-electron chi connectivity index (χ2n) is 5.01. The third-order valence-corrected chi connectivity index (χ3v) is 4.11.